The Bertz CT molecular complexity index is 736. The molecule has 2 fully saturated rings. The van der Waals surface area contributed by atoms with Gasteiger partial charge in [-0.05, 0) is 54.3 Å². The van der Waals surface area contributed by atoms with Gasteiger partial charge in [0.2, 0.25) is 0 Å². The molecule has 2 aliphatic heterocycles. The molecule has 2 aromatic rings. The SMILES string of the molecule is Cl.O=C(c1ccc2cc(Br)ccc2c1)N1CCC2CCC(C1)N2. The number of amides is 1. The van der Waals surface area contributed by atoms with Crippen LogP contribution in [0, 0.1) is 0 Å². The second-order valence-corrected chi connectivity index (χ2v) is 7.30. The number of likely N-dealkylation sites (tertiary alicyclic amines) is 1. The lowest BCUT2D eigenvalue weighted by atomic mass is 10.0. The lowest BCUT2D eigenvalue weighted by Crippen LogP contribution is -2.39. The number of carbonyl (C=O) groups is 1. The predicted octanol–water partition coefficient (Wildman–Crippen LogP) is 3.99. The molecule has 5 heteroatoms. The smallest absolute Gasteiger partial charge is 0.253 e. The van der Waals surface area contributed by atoms with Gasteiger partial charge < -0.3 is 10.2 Å². The minimum Gasteiger partial charge on any atom is -0.337 e. The number of fused-ring (bicyclic) bond motifs is 3. The van der Waals surface area contributed by atoms with Gasteiger partial charge in [-0.1, -0.05) is 28.1 Å². The Kier molecular flexibility index (Phi) is 4.95. The number of benzene rings is 2. The van der Waals surface area contributed by atoms with Gasteiger partial charge in [-0.15, -0.1) is 12.4 Å². The van der Waals surface area contributed by atoms with E-state index in [1.807, 2.05) is 29.2 Å². The fourth-order valence-electron chi connectivity index (χ4n) is 3.66. The van der Waals surface area contributed by atoms with Crippen molar-refractivity contribution in [1.82, 2.24) is 10.2 Å². The number of nitrogens with one attached hydrogen (secondary N) is 1. The third-order valence-corrected chi connectivity index (χ3v) is 5.35. The third-order valence-electron chi connectivity index (χ3n) is 4.86. The molecule has 2 aromatic carbocycles. The van der Waals surface area contributed by atoms with Crippen LogP contribution in [0.3, 0.4) is 0 Å². The van der Waals surface area contributed by atoms with Crippen molar-refractivity contribution < 1.29 is 4.79 Å². The van der Waals surface area contributed by atoms with E-state index in [1.165, 1.54) is 12.8 Å². The maximum atomic E-state index is 12.8. The van der Waals surface area contributed by atoms with Gasteiger partial charge in [-0.25, -0.2) is 0 Å². The normalized spacial score (nSPS) is 23.4. The van der Waals surface area contributed by atoms with Crippen molar-refractivity contribution in [2.75, 3.05) is 13.1 Å². The zero-order chi connectivity index (χ0) is 15.1. The fourth-order valence-corrected chi connectivity index (χ4v) is 4.04. The van der Waals surface area contributed by atoms with Crippen LogP contribution in [0.2, 0.25) is 0 Å². The van der Waals surface area contributed by atoms with Crippen LogP contribution in [0.5, 0.6) is 0 Å². The molecular weight excluding hydrogens is 376 g/mol. The minimum absolute atomic E-state index is 0. The van der Waals surface area contributed by atoms with Gasteiger partial charge in [0, 0.05) is 35.2 Å². The van der Waals surface area contributed by atoms with E-state index in [-0.39, 0.29) is 18.3 Å². The summed E-state index contributed by atoms with van der Waals surface area (Å²) in [4.78, 5) is 14.9. The van der Waals surface area contributed by atoms with Crippen LogP contribution < -0.4 is 5.32 Å². The first-order valence-corrected chi connectivity index (χ1v) is 8.73. The van der Waals surface area contributed by atoms with Gasteiger partial charge >= 0.3 is 0 Å². The van der Waals surface area contributed by atoms with Crippen molar-refractivity contribution in [1.29, 1.82) is 0 Å². The second-order valence-electron chi connectivity index (χ2n) is 6.38. The van der Waals surface area contributed by atoms with E-state index in [1.54, 1.807) is 0 Å². The van der Waals surface area contributed by atoms with Crippen molar-refractivity contribution >= 4 is 45.0 Å². The molecule has 23 heavy (non-hydrogen) atoms. The molecule has 1 amide bonds. The van der Waals surface area contributed by atoms with E-state index < -0.39 is 0 Å². The van der Waals surface area contributed by atoms with Crippen LogP contribution in [0.25, 0.3) is 10.8 Å². The molecule has 1 N–H and O–H groups in total. The molecule has 2 heterocycles. The van der Waals surface area contributed by atoms with Crippen LogP contribution in [-0.4, -0.2) is 36.0 Å². The van der Waals surface area contributed by atoms with E-state index in [0.29, 0.717) is 12.1 Å². The average molecular weight is 396 g/mol. The summed E-state index contributed by atoms with van der Waals surface area (Å²) in [5.74, 6) is 0.166. The summed E-state index contributed by atoms with van der Waals surface area (Å²) in [5.41, 5.74) is 0.799. The van der Waals surface area contributed by atoms with Crippen molar-refractivity contribution in [2.24, 2.45) is 0 Å². The summed E-state index contributed by atoms with van der Waals surface area (Å²) in [7, 11) is 0. The average Bonchev–Trinajstić information content (AvgIpc) is 2.85. The van der Waals surface area contributed by atoms with Crippen molar-refractivity contribution in [3.63, 3.8) is 0 Å². The summed E-state index contributed by atoms with van der Waals surface area (Å²) in [6.07, 6.45) is 3.53. The number of hydrogen-bond acceptors (Lipinski definition) is 2. The maximum absolute atomic E-state index is 12.8. The Morgan fingerprint density at radius 1 is 1.04 bits per heavy atom. The highest BCUT2D eigenvalue weighted by molar-refractivity contribution is 9.10. The van der Waals surface area contributed by atoms with Crippen LogP contribution in [0.1, 0.15) is 29.6 Å². The summed E-state index contributed by atoms with van der Waals surface area (Å²) in [6.45, 7) is 1.71. The van der Waals surface area contributed by atoms with Gasteiger partial charge in [0.1, 0.15) is 0 Å². The summed E-state index contributed by atoms with van der Waals surface area (Å²) in [5, 5.41) is 5.90. The number of halogens is 2. The first kappa shape index (κ1) is 16.7. The number of carbonyl (C=O) groups excluding carboxylic acids is 1. The minimum atomic E-state index is 0. The number of hydrogen-bond donors (Lipinski definition) is 1. The lowest BCUT2D eigenvalue weighted by molar-refractivity contribution is 0.0748. The van der Waals surface area contributed by atoms with Gasteiger partial charge in [0.05, 0.1) is 0 Å². The van der Waals surface area contributed by atoms with Crippen molar-refractivity contribution in [2.45, 2.75) is 31.3 Å². The van der Waals surface area contributed by atoms with Crippen LogP contribution >= 0.6 is 28.3 Å². The Hall–Kier alpha value is -1.10. The highest BCUT2D eigenvalue weighted by Gasteiger charge is 2.31. The molecule has 3 nitrogen and oxygen atoms in total. The Balaban J connectivity index is 0.00000156. The van der Waals surface area contributed by atoms with E-state index in [2.05, 4.69) is 33.4 Å². The largest absolute Gasteiger partial charge is 0.337 e. The number of rotatable bonds is 1. The fraction of sp³-hybridized carbons (Fsp3) is 0.389. The van der Waals surface area contributed by atoms with Crippen LogP contribution in [0.15, 0.2) is 40.9 Å². The molecule has 2 unspecified atom stereocenters. The highest BCUT2D eigenvalue weighted by atomic mass is 79.9. The zero-order valence-corrected chi connectivity index (χ0v) is 15.2. The molecule has 2 saturated heterocycles. The maximum Gasteiger partial charge on any atom is 0.253 e. The van der Waals surface area contributed by atoms with Crippen LogP contribution in [0.4, 0.5) is 0 Å². The lowest BCUT2D eigenvalue weighted by Gasteiger charge is -2.24. The molecule has 2 bridgehead atoms. The zero-order valence-electron chi connectivity index (χ0n) is 12.8. The highest BCUT2D eigenvalue weighted by Crippen LogP contribution is 2.24. The van der Waals surface area contributed by atoms with E-state index in [9.17, 15) is 4.79 Å². The topological polar surface area (TPSA) is 32.3 Å². The second kappa shape index (κ2) is 6.80. The molecule has 122 valence electrons. The Morgan fingerprint density at radius 2 is 1.78 bits per heavy atom. The first-order chi connectivity index (χ1) is 10.7. The molecule has 0 aliphatic carbocycles. The van der Waals surface area contributed by atoms with E-state index >= 15 is 0 Å². The Morgan fingerprint density at radius 3 is 2.65 bits per heavy atom. The molecule has 4 rings (SSSR count). The summed E-state index contributed by atoms with van der Waals surface area (Å²) in [6, 6.07) is 13.3. The van der Waals surface area contributed by atoms with Gasteiger partial charge in [0.15, 0.2) is 0 Å². The van der Waals surface area contributed by atoms with Crippen molar-refractivity contribution in [3.05, 3.63) is 46.4 Å². The molecule has 0 radical (unpaired) electrons. The van der Waals surface area contributed by atoms with Gasteiger partial charge in [-0.2, -0.15) is 0 Å². The summed E-state index contributed by atoms with van der Waals surface area (Å²) < 4.78 is 1.06. The quantitative estimate of drug-likeness (QED) is 0.792. The van der Waals surface area contributed by atoms with Gasteiger partial charge in [0.25, 0.3) is 5.91 Å². The molecule has 2 aliphatic rings. The number of nitrogens with zero attached hydrogens (tertiary/aromatic N) is 1. The van der Waals surface area contributed by atoms with E-state index in [0.717, 1.165) is 40.3 Å². The Labute approximate surface area is 151 Å². The van der Waals surface area contributed by atoms with Crippen LogP contribution in [-0.2, 0) is 0 Å². The standard InChI is InChI=1S/C18H19BrN2O.ClH/c19-15-4-3-12-9-14(2-1-13(12)10-15)18(22)21-8-7-16-5-6-17(11-21)20-16;/h1-4,9-10,16-17,20H,5-8,11H2;1H. The van der Waals surface area contributed by atoms with Crippen molar-refractivity contribution in [3.8, 4) is 0 Å². The molecule has 0 spiro atoms. The third kappa shape index (κ3) is 3.39. The van der Waals surface area contributed by atoms with Gasteiger partial charge in [-0.3, -0.25) is 4.79 Å². The molecule has 0 saturated carbocycles. The molecule has 2 atom stereocenters. The summed E-state index contributed by atoms with van der Waals surface area (Å²) >= 11 is 3.49. The first-order valence-electron chi connectivity index (χ1n) is 7.94. The molecule has 0 aromatic heterocycles. The predicted molar refractivity (Wildman–Crippen MR) is 99.4 cm³/mol. The molecular formula is C18H20BrClN2O. The monoisotopic (exact) mass is 394 g/mol. The van der Waals surface area contributed by atoms with E-state index in [4.69, 9.17) is 0 Å².